The largest absolute Gasteiger partial charge is 0.489 e. The zero-order valence-electron chi connectivity index (χ0n) is 9.51. The van der Waals surface area contributed by atoms with Crippen molar-refractivity contribution in [2.45, 2.75) is 26.0 Å². The third-order valence-electron chi connectivity index (χ3n) is 2.69. The molecule has 0 radical (unpaired) electrons. The number of fused-ring (bicyclic) bond motifs is 1. The third-order valence-corrected chi connectivity index (χ3v) is 2.69. The highest BCUT2D eigenvalue weighted by molar-refractivity contribution is 5.85. The van der Waals surface area contributed by atoms with Crippen LogP contribution in [0.25, 0.3) is 0 Å². The van der Waals surface area contributed by atoms with Gasteiger partial charge in [-0.2, -0.15) is 0 Å². The van der Waals surface area contributed by atoms with Crippen molar-refractivity contribution in [2.75, 3.05) is 6.54 Å². The van der Waals surface area contributed by atoms with E-state index < -0.39 is 0 Å². The van der Waals surface area contributed by atoms with Gasteiger partial charge in [-0.3, -0.25) is 10.1 Å². The summed E-state index contributed by atoms with van der Waals surface area (Å²) in [6, 6.07) is 4.74. The molecule has 94 valence electrons. The Kier molecular flexibility index (Phi) is 4.72. The summed E-state index contributed by atoms with van der Waals surface area (Å²) in [6.45, 7) is 3.45. The molecule has 0 saturated heterocycles. The molecule has 1 unspecified atom stereocenters. The molecule has 17 heavy (non-hydrogen) atoms. The Hall–Kier alpha value is -1.33. The summed E-state index contributed by atoms with van der Waals surface area (Å²) in [5, 5.41) is 13.9. The topological polar surface area (TPSA) is 64.4 Å². The van der Waals surface area contributed by atoms with E-state index in [1.165, 1.54) is 6.07 Å². The van der Waals surface area contributed by atoms with Gasteiger partial charge in [-0.15, -0.1) is 12.4 Å². The minimum atomic E-state index is -0.386. The van der Waals surface area contributed by atoms with Crippen LogP contribution in [0.2, 0.25) is 0 Å². The average Bonchev–Trinajstić information content (AvgIpc) is 2.49. The van der Waals surface area contributed by atoms with Crippen LogP contribution in [0, 0.1) is 10.1 Å². The first kappa shape index (κ1) is 13.7. The standard InChI is InChI=1S/C11H14N2O3.ClH/c1-2-10-7-12-6-8-5-9(13(14)15)3-4-11(8)16-10;/h3-5,10,12H,2,6-7H2,1H3;1H. The van der Waals surface area contributed by atoms with E-state index >= 15 is 0 Å². The van der Waals surface area contributed by atoms with Crippen LogP contribution in [0.4, 0.5) is 5.69 Å². The van der Waals surface area contributed by atoms with E-state index in [-0.39, 0.29) is 29.1 Å². The number of hydrogen-bond acceptors (Lipinski definition) is 4. The van der Waals surface area contributed by atoms with Gasteiger partial charge >= 0.3 is 0 Å². The molecule has 1 aliphatic heterocycles. The fourth-order valence-electron chi connectivity index (χ4n) is 1.75. The summed E-state index contributed by atoms with van der Waals surface area (Å²) in [4.78, 5) is 10.3. The molecule has 6 heteroatoms. The number of rotatable bonds is 2. The number of halogens is 1. The van der Waals surface area contributed by atoms with E-state index in [1.54, 1.807) is 12.1 Å². The highest BCUT2D eigenvalue weighted by Crippen LogP contribution is 2.26. The van der Waals surface area contributed by atoms with E-state index in [4.69, 9.17) is 4.74 Å². The van der Waals surface area contributed by atoms with E-state index in [9.17, 15) is 10.1 Å². The molecule has 0 aromatic heterocycles. The quantitative estimate of drug-likeness (QED) is 0.653. The van der Waals surface area contributed by atoms with Gasteiger partial charge in [0.05, 0.1) is 4.92 Å². The molecule has 0 aliphatic carbocycles. The van der Waals surface area contributed by atoms with Gasteiger partial charge in [0.25, 0.3) is 5.69 Å². The fourth-order valence-corrected chi connectivity index (χ4v) is 1.75. The van der Waals surface area contributed by atoms with Crippen molar-refractivity contribution in [3.8, 4) is 5.75 Å². The normalized spacial score (nSPS) is 18.3. The fraction of sp³-hybridized carbons (Fsp3) is 0.455. The minimum absolute atomic E-state index is 0. The summed E-state index contributed by atoms with van der Waals surface area (Å²) in [5.74, 6) is 0.752. The van der Waals surface area contributed by atoms with Crippen LogP contribution in [0.3, 0.4) is 0 Å². The van der Waals surface area contributed by atoms with Crippen LogP contribution in [0.5, 0.6) is 5.75 Å². The van der Waals surface area contributed by atoms with E-state index in [0.717, 1.165) is 24.3 Å². The van der Waals surface area contributed by atoms with Crippen molar-refractivity contribution in [2.24, 2.45) is 0 Å². The molecule has 1 aromatic carbocycles. The molecule has 0 spiro atoms. The van der Waals surface area contributed by atoms with Crippen molar-refractivity contribution in [1.82, 2.24) is 5.32 Å². The Morgan fingerprint density at radius 3 is 3.00 bits per heavy atom. The molecular weight excluding hydrogens is 244 g/mol. The molecule has 1 aromatic rings. The summed E-state index contributed by atoms with van der Waals surface area (Å²) >= 11 is 0. The predicted octanol–water partition coefficient (Wildman–Crippen LogP) is 2.28. The first-order valence-corrected chi connectivity index (χ1v) is 5.35. The van der Waals surface area contributed by atoms with Crippen LogP contribution >= 0.6 is 12.4 Å². The lowest BCUT2D eigenvalue weighted by molar-refractivity contribution is -0.384. The molecule has 0 amide bonds. The van der Waals surface area contributed by atoms with Crippen LogP contribution in [-0.4, -0.2) is 17.6 Å². The maximum absolute atomic E-state index is 10.6. The van der Waals surface area contributed by atoms with Crippen LogP contribution in [0.15, 0.2) is 18.2 Å². The number of nitro benzene ring substituents is 1. The Morgan fingerprint density at radius 2 is 2.35 bits per heavy atom. The third kappa shape index (κ3) is 3.08. The molecule has 5 nitrogen and oxygen atoms in total. The zero-order valence-corrected chi connectivity index (χ0v) is 10.3. The Balaban J connectivity index is 0.00000144. The van der Waals surface area contributed by atoms with Crippen LogP contribution in [-0.2, 0) is 6.54 Å². The Bertz CT molecular complexity index is 412. The van der Waals surface area contributed by atoms with Crippen molar-refractivity contribution in [1.29, 1.82) is 0 Å². The molecule has 1 heterocycles. The maximum Gasteiger partial charge on any atom is 0.270 e. The second-order valence-corrected chi connectivity index (χ2v) is 3.83. The van der Waals surface area contributed by atoms with E-state index in [2.05, 4.69) is 12.2 Å². The predicted molar refractivity (Wildman–Crippen MR) is 66.8 cm³/mol. The van der Waals surface area contributed by atoms with Gasteiger partial charge in [-0.25, -0.2) is 0 Å². The van der Waals surface area contributed by atoms with Gasteiger partial charge < -0.3 is 10.1 Å². The highest BCUT2D eigenvalue weighted by atomic mass is 35.5. The number of nitrogens with zero attached hydrogens (tertiary/aromatic N) is 1. The molecule has 1 aliphatic rings. The lowest BCUT2D eigenvalue weighted by atomic mass is 10.2. The molecule has 0 fully saturated rings. The van der Waals surface area contributed by atoms with Crippen LogP contribution < -0.4 is 10.1 Å². The first-order chi connectivity index (χ1) is 7.70. The second kappa shape index (κ2) is 5.84. The highest BCUT2D eigenvalue weighted by Gasteiger charge is 2.18. The monoisotopic (exact) mass is 258 g/mol. The Morgan fingerprint density at radius 1 is 1.59 bits per heavy atom. The van der Waals surface area contributed by atoms with Gasteiger partial charge in [0.1, 0.15) is 11.9 Å². The van der Waals surface area contributed by atoms with E-state index in [1.807, 2.05) is 0 Å². The number of nitro groups is 1. The maximum atomic E-state index is 10.6. The smallest absolute Gasteiger partial charge is 0.270 e. The lowest BCUT2D eigenvalue weighted by Gasteiger charge is -2.14. The molecule has 0 saturated carbocycles. The molecule has 2 rings (SSSR count). The number of ether oxygens (including phenoxy) is 1. The first-order valence-electron chi connectivity index (χ1n) is 5.35. The van der Waals surface area contributed by atoms with Gasteiger partial charge in [-0.05, 0) is 12.5 Å². The van der Waals surface area contributed by atoms with E-state index in [0.29, 0.717) is 6.54 Å². The number of nitrogens with one attached hydrogen (secondary N) is 1. The van der Waals surface area contributed by atoms with Crippen LogP contribution in [0.1, 0.15) is 18.9 Å². The lowest BCUT2D eigenvalue weighted by Crippen LogP contribution is -2.27. The molecule has 0 bridgehead atoms. The minimum Gasteiger partial charge on any atom is -0.489 e. The molecular formula is C11H15ClN2O3. The molecule has 1 N–H and O–H groups in total. The van der Waals surface area contributed by atoms with Gasteiger partial charge in [0.2, 0.25) is 0 Å². The average molecular weight is 259 g/mol. The van der Waals surface area contributed by atoms with Crippen molar-refractivity contribution in [3.05, 3.63) is 33.9 Å². The van der Waals surface area contributed by atoms with Crippen molar-refractivity contribution in [3.63, 3.8) is 0 Å². The van der Waals surface area contributed by atoms with Crippen molar-refractivity contribution < 1.29 is 9.66 Å². The summed E-state index contributed by atoms with van der Waals surface area (Å²) in [7, 11) is 0. The number of benzene rings is 1. The van der Waals surface area contributed by atoms with Gasteiger partial charge in [0, 0.05) is 30.8 Å². The summed E-state index contributed by atoms with van der Waals surface area (Å²) < 4.78 is 5.76. The van der Waals surface area contributed by atoms with Gasteiger partial charge in [0.15, 0.2) is 0 Å². The zero-order chi connectivity index (χ0) is 11.5. The second-order valence-electron chi connectivity index (χ2n) is 3.83. The summed E-state index contributed by atoms with van der Waals surface area (Å²) in [6.07, 6.45) is 1.06. The summed E-state index contributed by atoms with van der Waals surface area (Å²) in [5.41, 5.74) is 0.962. The number of hydrogen-bond donors (Lipinski definition) is 1. The van der Waals surface area contributed by atoms with Gasteiger partial charge in [-0.1, -0.05) is 6.92 Å². The Labute approximate surface area is 106 Å². The SMILES string of the molecule is CCC1CNCc2cc([N+](=O)[O-])ccc2O1.Cl. The number of non-ortho nitro benzene ring substituents is 1. The molecule has 1 atom stereocenters. The van der Waals surface area contributed by atoms with Crippen molar-refractivity contribution >= 4 is 18.1 Å².